The zero-order valence-electron chi connectivity index (χ0n) is 7.45. The lowest BCUT2D eigenvalue weighted by molar-refractivity contribution is -0.126. The second kappa shape index (κ2) is 4.26. The highest BCUT2D eigenvalue weighted by Crippen LogP contribution is 2.05. The fourth-order valence-corrected chi connectivity index (χ4v) is 1.31. The normalized spacial score (nSPS) is 24.8. The molecular formula is C9H15NO2. The lowest BCUT2D eigenvalue weighted by Gasteiger charge is -2.19. The minimum absolute atomic E-state index is 0.00681. The molecule has 0 radical (unpaired) electrons. The molecule has 0 aliphatic carbocycles. The van der Waals surface area contributed by atoms with E-state index in [-0.39, 0.29) is 5.91 Å². The van der Waals surface area contributed by atoms with E-state index in [4.69, 9.17) is 4.74 Å². The van der Waals surface area contributed by atoms with Gasteiger partial charge in [-0.05, 0) is 12.0 Å². The molecule has 0 N–H and O–H groups in total. The molecule has 12 heavy (non-hydrogen) atoms. The van der Waals surface area contributed by atoms with Crippen LogP contribution in [0.1, 0.15) is 6.92 Å². The van der Waals surface area contributed by atoms with E-state index < -0.39 is 0 Å². The van der Waals surface area contributed by atoms with Gasteiger partial charge in [-0.25, -0.2) is 0 Å². The monoisotopic (exact) mass is 169 g/mol. The van der Waals surface area contributed by atoms with Gasteiger partial charge in [-0.3, -0.25) is 4.79 Å². The van der Waals surface area contributed by atoms with Crippen LogP contribution in [0, 0.1) is 5.92 Å². The Kier molecular flexibility index (Phi) is 3.29. The first-order chi connectivity index (χ1) is 5.74. The Morgan fingerprint density at radius 3 is 3.17 bits per heavy atom. The SMILES string of the molecule is C=CC(=O)N1CCOCC(C)C1. The van der Waals surface area contributed by atoms with Crippen LogP contribution in [0.3, 0.4) is 0 Å². The largest absolute Gasteiger partial charge is 0.379 e. The molecule has 3 heteroatoms. The third-order valence-electron chi connectivity index (χ3n) is 1.93. The highest BCUT2D eigenvalue weighted by atomic mass is 16.5. The maximum absolute atomic E-state index is 11.2. The van der Waals surface area contributed by atoms with Crippen molar-refractivity contribution in [2.45, 2.75) is 6.92 Å². The van der Waals surface area contributed by atoms with Crippen molar-refractivity contribution >= 4 is 5.91 Å². The third-order valence-corrected chi connectivity index (χ3v) is 1.93. The van der Waals surface area contributed by atoms with Crippen LogP contribution in [-0.2, 0) is 9.53 Å². The second-order valence-electron chi connectivity index (χ2n) is 3.17. The molecule has 1 unspecified atom stereocenters. The molecule has 0 bridgehead atoms. The van der Waals surface area contributed by atoms with Gasteiger partial charge in [0, 0.05) is 13.1 Å². The summed E-state index contributed by atoms with van der Waals surface area (Å²) in [6.07, 6.45) is 1.36. The first-order valence-corrected chi connectivity index (χ1v) is 4.23. The van der Waals surface area contributed by atoms with Crippen LogP contribution in [-0.4, -0.2) is 37.1 Å². The maximum Gasteiger partial charge on any atom is 0.246 e. The molecule has 0 aromatic carbocycles. The predicted octanol–water partition coefficient (Wildman–Crippen LogP) is 0.667. The third kappa shape index (κ3) is 2.34. The number of hydrogen-bond acceptors (Lipinski definition) is 2. The maximum atomic E-state index is 11.2. The Morgan fingerprint density at radius 2 is 2.50 bits per heavy atom. The molecule has 1 atom stereocenters. The van der Waals surface area contributed by atoms with Crippen LogP contribution >= 0.6 is 0 Å². The predicted molar refractivity (Wildman–Crippen MR) is 46.8 cm³/mol. The average molecular weight is 169 g/mol. The number of amides is 1. The van der Waals surface area contributed by atoms with Crippen molar-refractivity contribution in [3.05, 3.63) is 12.7 Å². The zero-order chi connectivity index (χ0) is 8.97. The van der Waals surface area contributed by atoms with E-state index in [1.807, 2.05) is 0 Å². The fraction of sp³-hybridized carbons (Fsp3) is 0.667. The number of ether oxygens (including phenoxy) is 1. The lowest BCUT2D eigenvalue weighted by Crippen LogP contribution is -2.33. The molecule has 0 spiro atoms. The molecule has 1 fully saturated rings. The minimum Gasteiger partial charge on any atom is -0.379 e. The van der Waals surface area contributed by atoms with E-state index in [1.165, 1.54) is 6.08 Å². The Labute approximate surface area is 73.0 Å². The Bertz CT molecular complexity index is 179. The number of hydrogen-bond donors (Lipinski definition) is 0. The van der Waals surface area contributed by atoms with Gasteiger partial charge in [-0.1, -0.05) is 13.5 Å². The van der Waals surface area contributed by atoms with Crippen molar-refractivity contribution in [1.82, 2.24) is 4.90 Å². The second-order valence-corrected chi connectivity index (χ2v) is 3.17. The smallest absolute Gasteiger partial charge is 0.246 e. The van der Waals surface area contributed by atoms with Gasteiger partial charge in [-0.2, -0.15) is 0 Å². The summed E-state index contributed by atoms with van der Waals surface area (Å²) in [6, 6.07) is 0. The van der Waals surface area contributed by atoms with E-state index in [0.717, 1.165) is 13.2 Å². The molecule has 3 nitrogen and oxygen atoms in total. The molecule has 1 aliphatic rings. The van der Waals surface area contributed by atoms with Gasteiger partial charge in [0.15, 0.2) is 0 Å². The summed E-state index contributed by atoms with van der Waals surface area (Å²) in [6.45, 7) is 8.40. The van der Waals surface area contributed by atoms with Crippen LogP contribution in [0.25, 0.3) is 0 Å². The standard InChI is InChI=1S/C9H15NO2/c1-3-9(11)10-4-5-12-7-8(2)6-10/h3,8H,1,4-7H2,2H3. The zero-order valence-corrected chi connectivity index (χ0v) is 7.45. The van der Waals surface area contributed by atoms with Gasteiger partial charge in [0.2, 0.25) is 5.91 Å². The summed E-state index contributed by atoms with van der Waals surface area (Å²) in [5, 5.41) is 0. The molecule has 1 aliphatic heterocycles. The summed E-state index contributed by atoms with van der Waals surface area (Å²) >= 11 is 0. The van der Waals surface area contributed by atoms with Gasteiger partial charge in [0.25, 0.3) is 0 Å². The van der Waals surface area contributed by atoms with Crippen molar-refractivity contribution < 1.29 is 9.53 Å². The van der Waals surface area contributed by atoms with E-state index in [0.29, 0.717) is 19.1 Å². The number of rotatable bonds is 1. The molecule has 0 aromatic heterocycles. The molecule has 1 saturated heterocycles. The van der Waals surface area contributed by atoms with Crippen LogP contribution in [0.5, 0.6) is 0 Å². The van der Waals surface area contributed by atoms with Crippen molar-refractivity contribution in [1.29, 1.82) is 0 Å². The quantitative estimate of drug-likeness (QED) is 0.540. The molecule has 0 saturated carbocycles. The minimum atomic E-state index is 0.00681. The summed E-state index contributed by atoms with van der Waals surface area (Å²) < 4.78 is 5.30. The molecule has 68 valence electrons. The van der Waals surface area contributed by atoms with Crippen molar-refractivity contribution in [3.8, 4) is 0 Å². The molecule has 1 heterocycles. The number of nitrogens with zero attached hydrogens (tertiary/aromatic N) is 1. The van der Waals surface area contributed by atoms with Gasteiger partial charge < -0.3 is 9.64 Å². The van der Waals surface area contributed by atoms with E-state index in [1.54, 1.807) is 4.90 Å². The molecule has 1 rings (SSSR count). The van der Waals surface area contributed by atoms with Crippen molar-refractivity contribution in [2.24, 2.45) is 5.92 Å². The molecule has 0 aromatic rings. The van der Waals surface area contributed by atoms with E-state index in [9.17, 15) is 4.79 Å². The topological polar surface area (TPSA) is 29.5 Å². The van der Waals surface area contributed by atoms with Crippen LogP contribution < -0.4 is 0 Å². The summed E-state index contributed by atoms with van der Waals surface area (Å²) in [4.78, 5) is 13.0. The van der Waals surface area contributed by atoms with Crippen LogP contribution in [0.4, 0.5) is 0 Å². The average Bonchev–Trinajstić information content (AvgIpc) is 2.28. The van der Waals surface area contributed by atoms with Gasteiger partial charge >= 0.3 is 0 Å². The van der Waals surface area contributed by atoms with Crippen molar-refractivity contribution in [2.75, 3.05) is 26.3 Å². The molecular weight excluding hydrogens is 154 g/mol. The Morgan fingerprint density at radius 1 is 1.75 bits per heavy atom. The van der Waals surface area contributed by atoms with Gasteiger partial charge in [-0.15, -0.1) is 0 Å². The van der Waals surface area contributed by atoms with E-state index >= 15 is 0 Å². The summed E-state index contributed by atoms with van der Waals surface area (Å²) in [7, 11) is 0. The van der Waals surface area contributed by atoms with Crippen molar-refractivity contribution in [3.63, 3.8) is 0 Å². The van der Waals surface area contributed by atoms with Crippen LogP contribution in [0.2, 0.25) is 0 Å². The lowest BCUT2D eigenvalue weighted by atomic mass is 10.2. The first-order valence-electron chi connectivity index (χ1n) is 4.23. The fourth-order valence-electron chi connectivity index (χ4n) is 1.31. The van der Waals surface area contributed by atoms with Crippen LogP contribution in [0.15, 0.2) is 12.7 Å². The highest BCUT2D eigenvalue weighted by molar-refractivity contribution is 5.87. The highest BCUT2D eigenvalue weighted by Gasteiger charge is 2.17. The Hall–Kier alpha value is -0.830. The molecule has 1 amide bonds. The number of carbonyl (C=O) groups excluding carboxylic acids is 1. The van der Waals surface area contributed by atoms with Gasteiger partial charge in [0.1, 0.15) is 0 Å². The van der Waals surface area contributed by atoms with Gasteiger partial charge in [0.05, 0.1) is 13.2 Å². The Balaban J connectivity index is 2.51. The van der Waals surface area contributed by atoms with E-state index in [2.05, 4.69) is 13.5 Å². The summed E-state index contributed by atoms with van der Waals surface area (Å²) in [5.74, 6) is 0.434. The summed E-state index contributed by atoms with van der Waals surface area (Å²) in [5.41, 5.74) is 0. The number of carbonyl (C=O) groups is 1. The first kappa shape index (κ1) is 9.26.